The Labute approximate surface area is 183 Å². The molecular formula is C26H28FN3O. The highest BCUT2D eigenvalue weighted by molar-refractivity contribution is 5.83. The van der Waals surface area contributed by atoms with Crippen molar-refractivity contribution in [3.05, 3.63) is 90.0 Å². The zero-order valence-electron chi connectivity index (χ0n) is 17.9. The van der Waals surface area contributed by atoms with Crippen LogP contribution in [0, 0.1) is 11.2 Å². The van der Waals surface area contributed by atoms with Gasteiger partial charge in [0, 0.05) is 38.1 Å². The first kappa shape index (κ1) is 21.2. The number of nitrogens with one attached hydrogen (secondary N) is 1. The van der Waals surface area contributed by atoms with E-state index in [4.69, 9.17) is 0 Å². The lowest BCUT2D eigenvalue weighted by molar-refractivity contribution is -0.134. The van der Waals surface area contributed by atoms with Crippen LogP contribution in [0.15, 0.2) is 73.1 Å². The molecule has 4 nitrogen and oxygen atoms in total. The highest BCUT2D eigenvalue weighted by Gasteiger charge is 2.41. The van der Waals surface area contributed by atoms with Gasteiger partial charge in [-0.3, -0.25) is 14.7 Å². The molecule has 1 aliphatic rings. The quantitative estimate of drug-likeness (QED) is 0.644. The minimum atomic E-state index is -0.517. The maximum absolute atomic E-state index is 14.2. The van der Waals surface area contributed by atoms with Gasteiger partial charge in [-0.05, 0) is 60.7 Å². The Morgan fingerprint density at radius 2 is 1.77 bits per heavy atom. The van der Waals surface area contributed by atoms with Gasteiger partial charge in [0.2, 0.25) is 5.91 Å². The molecule has 5 heteroatoms. The minimum Gasteiger partial charge on any atom is -0.359 e. The summed E-state index contributed by atoms with van der Waals surface area (Å²) >= 11 is 0. The molecule has 0 radical (unpaired) electrons. The second kappa shape index (κ2) is 9.40. The largest absolute Gasteiger partial charge is 0.359 e. The van der Waals surface area contributed by atoms with Gasteiger partial charge in [0.05, 0.1) is 5.41 Å². The summed E-state index contributed by atoms with van der Waals surface area (Å²) in [5.41, 5.74) is 3.54. The number of nitrogens with zero attached hydrogens (tertiary/aromatic N) is 2. The normalized spacial score (nSPS) is 19.2. The summed E-state index contributed by atoms with van der Waals surface area (Å²) < 4.78 is 14.2. The predicted octanol–water partition coefficient (Wildman–Crippen LogP) is 4.46. The Bertz CT molecular complexity index is 1020. The van der Waals surface area contributed by atoms with Crippen LogP contribution in [0.4, 0.5) is 4.39 Å². The van der Waals surface area contributed by atoms with Gasteiger partial charge in [-0.2, -0.15) is 0 Å². The first-order chi connectivity index (χ1) is 15.1. The molecule has 1 atom stereocenters. The van der Waals surface area contributed by atoms with Gasteiger partial charge >= 0.3 is 0 Å². The van der Waals surface area contributed by atoms with E-state index in [-0.39, 0.29) is 11.7 Å². The molecule has 1 aromatic heterocycles. The van der Waals surface area contributed by atoms with Crippen LogP contribution in [0.25, 0.3) is 11.1 Å². The molecule has 160 valence electrons. The van der Waals surface area contributed by atoms with E-state index >= 15 is 0 Å². The first-order valence-electron chi connectivity index (χ1n) is 10.8. The maximum atomic E-state index is 14.2. The van der Waals surface area contributed by atoms with Crippen molar-refractivity contribution < 1.29 is 9.18 Å². The smallest absolute Gasteiger partial charge is 0.227 e. The van der Waals surface area contributed by atoms with Crippen LogP contribution in [0.3, 0.4) is 0 Å². The van der Waals surface area contributed by atoms with E-state index in [1.807, 2.05) is 24.3 Å². The topological polar surface area (TPSA) is 45.2 Å². The Morgan fingerprint density at radius 3 is 2.48 bits per heavy atom. The Morgan fingerprint density at radius 1 is 1.06 bits per heavy atom. The zero-order valence-corrected chi connectivity index (χ0v) is 17.9. The van der Waals surface area contributed by atoms with E-state index in [9.17, 15) is 9.18 Å². The van der Waals surface area contributed by atoms with Gasteiger partial charge in [0.15, 0.2) is 0 Å². The summed E-state index contributed by atoms with van der Waals surface area (Å²) in [6, 6.07) is 19.3. The molecule has 0 spiro atoms. The highest BCUT2D eigenvalue weighted by Crippen LogP contribution is 2.35. The van der Waals surface area contributed by atoms with Crippen LogP contribution in [-0.4, -0.2) is 35.9 Å². The summed E-state index contributed by atoms with van der Waals surface area (Å²) in [4.78, 5) is 19.3. The number of benzene rings is 2. The van der Waals surface area contributed by atoms with Crippen molar-refractivity contribution in [3.8, 4) is 11.1 Å². The van der Waals surface area contributed by atoms with Crippen LogP contribution < -0.4 is 5.32 Å². The standard InChI is InChI=1S/C26H28FN3O/c1-28-25(31)26(13-4-16-30(19-26)18-23-5-2-3-6-24(23)27)17-20-7-9-21(10-8-20)22-11-14-29-15-12-22/h2-3,5-12,14-15H,4,13,16-19H2,1H3,(H,28,31)/t26-/m1/s1. The van der Waals surface area contributed by atoms with Gasteiger partial charge in [-0.15, -0.1) is 0 Å². The number of amides is 1. The molecule has 0 bridgehead atoms. The van der Waals surface area contributed by atoms with Gasteiger partial charge in [-0.25, -0.2) is 4.39 Å². The molecule has 0 aliphatic carbocycles. The van der Waals surface area contributed by atoms with E-state index in [0.717, 1.165) is 36.1 Å². The second-order valence-corrected chi connectivity index (χ2v) is 8.37. The van der Waals surface area contributed by atoms with Crippen LogP contribution in [0.1, 0.15) is 24.0 Å². The molecule has 1 fully saturated rings. The number of halogens is 1. The fourth-order valence-electron chi connectivity index (χ4n) is 4.65. The van der Waals surface area contributed by atoms with Crippen molar-refractivity contribution in [2.75, 3.05) is 20.1 Å². The molecule has 31 heavy (non-hydrogen) atoms. The monoisotopic (exact) mass is 417 g/mol. The molecule has 1 aliphatic heterocycles. The van der Waals surface area contributed by atoms with Gasteiger partial charge < -0.3 is 5.32 Å². The lowest BCUT2D eigenvalue weighted by Crippen LogP contribution is -2.52. The van der Waals surface area contributed by atoms with Crippen molar-refractivity contribution in [1.82, 2.24) is 15.2 Å². The van der Waals surface area contributed by atoms with Crippen molar-refractivity contribution >= 4 is 5.91 Å². The predicted molar refractivity (Wildman–Crippen MR) is 121 cm³/mol. The SMILES string of the molecule is CNC(=O)[C@@]1(Cc2ccc(-c3ccncc3)cc2)CCCN(Cc2ccccc2F)C1. The maximum Gasteiger partial charge on any atom is 0.227 e. The summed E-state index contributed by atoms with van der Waals surface area (Å²) in [7, 11) is 1.70. The van der Waals surface area contributed by atoms with Gasteiger partial charge in [0.1, 0.15) is 5.82 Å². The molecule has 4 rings (SSSR count). The molecular weight excluding hydrogens is 389 g/mol. The zero-order chi connectivity index (χ0) is 21.7. The van der Waals surface area contributed by atoms with Crippen molar-refractivity contribution in [3.63, 3.8) is 0 Å². The summed E-state index contributed by atoms with van der Waals surface area (Å²) in [5, 5.41) is 2.88. The van der Waals surface area contributed by atoms with Gasteiger partial charge in [-0.1, -0.05) is 42.5 Å². The van der Waals surface area contributed by atoms with E-state index in [1.54, 1.807) is 25.5 Å². The van der Waals surface area contributed by atoms with E-state index in [2.05, 4.69) is 39.5 Å². The second-order valence-electron chi connectivity index (χ2n) is 8.37. The lowest BCUT2D eigenvalue weighted by atomic mass is 9.74. The molecule has 1 amide bonds. The third-order valence-corrected chi connectivity index (χ3v) is 6.23. The summed E-state index contributed by atoms with van der Waals surface area (Å²) in [6.45, 7) is 2.01. The third kappa shape index (κ3) is 4.83. The average Bonchev–Trinajstić information content (AvgIpc) is 2.81. The number of piperidine rings is 1. The number of rotatable bonds is 6. The Kier molecular flexibility index (Phi) is 6.42. The van der Waals surface area contributed by atoms with Crippen LogP contribution in [0.5, 0.6) is 0 Å². The fraction of sp³-hybridized carbons (Fsp3) is 0.308. The molecule has 1 N–H and O–H groups in total. The van der Waals surface area contributed by atoms with Crippen molar-refractivity contribution in [2.24, 2.45) is 5.41 Å². The lowest BCUT2D eigenvalue weighted by Gasteiger charge is -2.41. The number of hydrogen-bond acceptors (Lipinski definition) is 3. The van der Waals surface area contributed by atoms with E-state index in [1.165, 1.54) is 6.07 Å². The van der Waals surface area contributed by atoms with Crippen LogP contribution in [-0.2, 0) is 17.8 Å². The van der Waals surface area contributed by atoms with Gasteiger partial charge in [0.25, 0.3) is 0 Å². The number of carbonyl (C=O) groups is 1. The first-order valence-corrected chi connectivity index (χ1v) is 10.8. The van der Waals surface area contributed by atoms with E-state index in [0.29, 0.717) is 25.1 Å². The number of pyridine rings is 1. The average molecular weight is 418 g/mol. The number of aromatic nitrogens is 1. The minimum absolute atomic E-state index is 0.0592. The number of carbonyl (C=O) groups excluding carboxylic acids is 1. The molecule has 0 saturated carbocycles. The summed E-state index contributed by atoms with van der Waals surface area (Å²) in [6.07, 6.45) is 5.98. The van der Waals surface area contributed by atoms with Crippen LogP contribution in [0.2, 0.25) is 0 Å². The molecule has 2 aromatic carbocycles. The summed E-state index contributed by atoms with van der Waals surface area (Å²) in [5.74, 6) is -0.130. The van der Waals surface area contributed by atoms with Crippen molar-refractivity contribution in [1.29, 1.82) is 0 Å². The third-order valence-electron chi connectivity index (χ3n) is 6.23. The number of hydrogen-bond donors (Lipinski definition) is 1. The van der Waals surface area contributed by atoms with Crippen molar-refractivity contribution in [2.45, 2.75) is 25.8 Å². The Hall–Kier alpha value is -3.05. The fourth-order valence-corrected chi connectivity index (χ4v) is 4.65. The van der Waals surface area contributed by atoms with E-state index < -0.39 is 5.41 Å². The highest BCUT2D eigenvalue weighted by atomic mass is 19.1. The Balaban J connectivity index is 1.53. The molecule has 0 unspecified atom stereocenters. The molecule has 3 aromatic rings. The number of likely N-dealkylation sites (tertiary alicyclic amines) is 1. The molecule has 1 saturated heterocycles. The molecule has 2 heterocycles. The van der Waals surface area contributed by atoms with Crippen LogP contribution >= 0.6 is 0 Å².